The van der Waals surface area contributed by atoms with Crippen LogP contribution in [0.5, 0.6) is 28.9 Å². The van der Waals surface area contributed by atoms with E-state index in [4.69, 9.17) is 18.9 Å². The second kappa shape index (κ2) is 9.69. The molecule has 0 saturated heterocycles. The van der Waals surface area contributed by atoms with Gasteiger partial charge in [0.2, 0.25) is 5.88 Å². The number of pyridine rings is 1. The van der Waals surface area contributed by atoms with Crippen molar-refractivity contribution in [2.45, 2.75) is 6.54 Å². The average molecular weight is 500 g/mol. The summed E-state index contributed by atoms with van der Waals surface area (Å²) in [5.41, 5.74) is 3.72. The molecule has 0 unspecified atom stereocenters. The molecule has 4 aromatic rings. The zero-order valence-corrected chi connectivity index (χ0v) is 20.8. The van der Waals surface area contributed by atoms with Crippen LogP contribution in [0.15, 0.2) is 65.9 Å². The van der Waals surface area contributed by atoms with Gasteiger partial charge in [-0.05, 0) is 54.1 Å². The van der Waals surface area contributed by atoms with Crippen molar-refractivity contribution in [3.8, 4) is 40.1 Å². The molecule has 0 bridgehead atoms. The Labute approximate surface area is 213 Å². The summed E-state index contributed by atoms with van der Waals surface area (Å²) in [5, 5.41) is 11.6. The molecule has 1 amide bonds. The van der Waals surface area contributed by atoms with Gasteiger partial charge in [-0.1, -0.05) is 0 Å². The average Bonchev–Trinajstić information content (AvgIpc) is 3.42. The number of aromatic nitrogens is 2. The van der Waals surface area contributed by atoms with Crippen molar-refractivity contribution >= 4 is 11.6 Å². The number of ether oxygens (including phenoxy) is 4. The summed E-state index contributed by atoms with van der Waals surface area (Å²) < 4.78 is 23.4. The predicted molar refractivity (Wildman–Crippen MR) is 137 cm³/mol. The summed E-state index contributed by atoms with van der Waals surface area (Å²) in [6, 6.07) is 14.3. The molecule has 37 heavy (non-hydrogen) atoms. The van der Waals surface area contributed by atoms with Gasteiger partial charge in [0, 0.05) is 23.5 Å². The lowest BCUT2D eigenvalue weighted by molar-refractivity contribution is 0.101. The molecule has 9 heteroatoms. The molecule has 1 aliphatic heterocycles. The molecule has 2 aromatic carbocycles. The van der Waals surface area contributed by atoms with Gasteiger partial charge in [0.05, 0.1) is 57.5 Å². The number of hydrogen-bond acceptors (Lipinski definition) is 7. The minimum atomic E-state index is -0.451. The van der Waals surface area contributed by atoms with E-state index in [2.05, 4.69) is 9.98 Å². The highest BCUT2D eigenvalue weighted by Gasteiger charge is 2.36. The molecule has 188 valence electrons. The fourth-order valence-corrected chi connectivity index (χ4v) is 4.55. The van der Waals surface area contributed by atoms with Crippen LogP contribution in [0.1, 0.15) is 27.0 Å². The van der Waals surface area contributed by atoms with Crippen molar-refractivity contribution in [2.75, 3.05) is 28.4 Å². The van der Waals surface area contributed by atoms with Crippen molar-refractivity contribution in [1.82, 2.24) is 9.55 Å². The normalized spacial score (nSPS) is 12.2. The van der Waals surface area contributed by atoms with Crippen molar-refractivity contribution < 1.29 is 28.8 Å². The molecule has 0 radical (unpaired) electrons. The quantitative estimate of drug-likeness (QED) is 0.385. The number of carbonyl (C=O) groups is 1. The topological polar surface area (TPSA) is 104 Å². The fourth-order valence-electron chi connectivity index (χ4n) is 4.55. The van der Waals surface area contributed by atoms with Gasteiger partial charge in [-0.3, -0.25) is 9.78 Å². The summed E-state index contributed by atoms with van der Waals surface area (Å²) in [6.07, 6.45) is 3.36. The third-order valence-corrected chi connectivity index (χ3v) is 6.30. The second-order valence-corrected chi connectivity index (χ2v) is 8.27. The third kappa shape index (κ3) is 4.04. The van der Waals surface area contributed by atoms with Crippen molar-refractivity contribution in [3.05, 3.63) is 83.2 Å². The Morgan fingerprint density at radius 3 is 1.92 bits per heavy atom. The largest absolute Gasteiger partial charge is 0.494 e. The number of aromatic hydroxyl groups is 1. The number of aliphatic imine (C=N–C) groups is 1. The van der Waals surface area contributed by atoms with Gasteiger partial charge in [0.25, 0.3) is 5.91 Å². The highest BCUT2D eigenvalue weighted by molar-refractivity contribution is 6.30. The first-order chi connectivity index (χ1) is 18.0. The molecular weight excluding hydrogens is 474 g/mol. The molecule has 5 rings (SSSR count). The molecule has 2 aromatic heterocycles. The van der Waals surface area contributed by atoms with Gasteiger partial charge < -0.3 is 28.6 Å². The molecular formula is C28H25N3O6. The number of rotatable bonds is 8. The van der Waals surface area contributed by atoms with Crippen LogP contribution in [0.25, 0.3) is 11.3 Å². The SMILES string of the molecule is COc1ccc(C2=NC(=O)c3c2c(O)n(Cc2ccncc2)c3-c2ccc(OC)c(OC)c2)cc1OC. The van der Waals surface area contributed by atoms with Crippen LogP contribution in [-0.4, -0.2) is 54.7 Å². The van der Waals surface area contributed by atoms with E-state index >= 15 is 0 Å². The molecule has 1 aliphatic rings. The Morgan fingerprint density at radius 2 is 1.32 bits per heavy atom. The highest BCUT2D eigenvalue weighted by Crippen LogP contribution is 2.44. The number of methoxy groups -OCH3 is 4. The van der Waals surface area contributed by atoms with E-state index in [1.165, 1.54) is 7.11 Å². The maximum atomic E-state index is 13.4. The molecule has 0 atom stereocenters. The summed E-state index contributed by atoms with van der Waals surface area (Å²) in [7, 11) is 6.18. The zero-order chi connectivity index (χ0) is 26.1. The first-order valence-electron chi connectivity index (χ1n) is 11.4. The molecule has 3 heterocycles. The maximum absolute atomic E-state index is 13.4. The lowest BCUT2D eigenvalue weighted by Gasteiger charge is -2.14. The zero-order valence-electron chi connectivity index (χ0n) is 20.8. The number of carbonyl (C=O) groups excluding carboxylic acids is 1. The fraction of sp³-hybridized carbons (Fsp3) is 0.179. The van der Waals surface area contributed by atoms with Crippen LogP contribution in [0.4, 0.5) is 0 Å². The summed E-state index contributed by atoms with van der Waals surface area (Å²) in [4.78, 5) is 21.8. The Hall–Kier alpha value is -4.79. The number of amides is 1. The van der Waals surface area contributed by atoms with E-state index in [-0.39, 0.29) is 5.88 Å². The highest BCUT2D eigenvalue weighted by atomic mass is 16.5. The summed E-state index contributed by atoms with van der Waals surface area (Å²) in [6.45, 7) is 0.303. The van der Waals surface area contributed by atoms with Gasteiger partial charge in [0.15, 0.2) is 23.0 Å². The number of fused-ring (bicyclic) bond motifs is 1. The molecule has 9 nitrogen and oxygen atoms in total. The van der Waals surface area contributed by atoms with Crippen LogP contribution in [0.3, 0.4) is 0 Å². The minimum Gasteiger partial charge on any atom is -0.494 e. The number of hydrogen-bond donors (Lipinski definition) is 1. The standard InChI is InChI=1S/C28H25N3O6/c1-34-19-7-5-17(13-21(19)36-3)25-23-24(27(32)30-25)26(18-6-8-20(35-2)22(14-18)37-4)31(28(23)33)15-16-9-11-29-12-10-16/h5-14,33H,15H2,1-4H3. The summed E-state index contributed by atoms with van der Waals surface area (Å²) >= 11 is 0. The van der Waals surface area contributed by atoms with Crippen molar-refractivity contribution in [3.63, 3.8) is 0 Å². The van der Waals surface area contributed by atoms with E-state index in [1.807, 2.05) is 18.2 Å². The number of nitrogens with zero attached hydrogens (tertiary/aromatic N) is 3. The van der Waals surface area contributed by atoms with E-state index in [0.29, 0.717) is 63.2 Å². The van der Waals surface area contributed by atoms with Gasteiger partial charge in [-0.2, -0.15) is 0 Å². The molecule has 0 saturated carbocycles. The van der Waals surface area contributed by atoms with Gasteiger partial charge in [0.1, 0.15) is 0 Å². The maximum Gasteiger partial charge on any atom is 0.280 e. The van der Waals surface area contributed by atoms with Crippen LogP contribution in [0.2, 0.25) is 0 Å². The Bertz CT molecular complexity index is 1520. The van der Waals surface area contributed by atoms with E-state index < -0.39 is 5.91 Å². The third-order valence-electron chi connectivity index (χ3n) is 6.30. The van der Waals surface area contributed by atoms with Crippen LogP contribution < -0.4 is 18.9 Å². The van der Waals surface area contributed by atoms with Crippen LogP contribution in [0, 0.1) is 0 Å². The van der Waals surface area contributed by atoms with E-state index in [0.717, 1.165) is 5.56 Å². The predicted octanol–water partition coefficient (Wildman–Crippen LogP) is 4.33. The van der Waals surface area contributed by atoms with Crippen LogP contribution >= 0.6 is 0 Å². The van der Waals surface area contributed by atoms with E-state index in [1.54, 1.807) is 68.6 Å². The smallest absolute Gasteiger partial charge is 0.280 e. The second-order valence-electron chi connectivity index (χ2n) is 8.27. The Kier molecular flexibility index (Phi) is 6.27. The Balaban J connectivity index is 1.73. The lowest BCUT2D eigenvalue weighted by Crippen LogP contribution is -2.06. The van der Waals surface area contributed by atoms with Gasteiger partial charge in [-0.25, -0.2) is 4.99 Å². The van der Waals surface area contributed by atoms with Gasteiger partial charge >= 0.3 is 0 Å². The molecule has 0 spiro atoms. The molecule has 1 N–H and O–H groups in total. The lowest BCUT2D eigenvalue weighted by atomic mass is 9.99. The first kappa shape index (κ1) is 23.9. The minimum absolute atomic E-state index is 0.0732. The van der Waals surface area contributed by atoms with Gasteiger partial charge in [-0.15, -0.1) is 0 Å². The molecule has 0 fully saturated rings. The van der Waals surface area contributed by atoms with Crippen LogP contribution in [-0.2, 0) is 6.54 Å². The molecule has 0 aliphatic carbocycles. The van der Waals surface area contributed by atoms with Crippen molar-refractivity contribution in [1.29, 1.82) is 0 Å². The summed E-state index contributed by atoms with van der Waals surface area (Å²) in [5.74, 6) is 1.55. The van der Waals surface area contributed by atoms with E-state index in [9.17, 15) is 9.90 Å². The number of benzene rings is 2. The van der Waals surface area contributed by atoms with Crippen molar-refractivity contribution in [2.24, 2.45) is 4.99 Å². The first-order valence-corrected chi connectivity index (χ1v) is 11.4. The Morgan fingerprint density at radius 1 is 0.757 bits per heavy atom. The monoisotopic (exact) mass is 499 g/mol.